The average molecular weight is 1030 g/mol. The van der Waals surface area contributed by atoms with E-state index >= 15 is 0 Å². The van der Waals surface area contributed by atoms with E-state index in [4.69, 9.17) is 28.4 Å². The minimum Gasteiger partial charge on any atom is -0.462 e. The number of carbonyl (C=O) groups excluding carboxylic acids is 2. The molecule has 11 atom stereocenters. The number of hydrogen-bond acceptors (Lipinski definition) is 15. The minimum atomic E-state index is -1.76. The van der Waals surface area contributed by atoms with Crippen LogP contribution in [0.4, 0.5) is 0 Å². The molecule has 15 nitrogen and oxygen atoms in total. The first-order chi connectivity index (χ1) is 35.0. The molecule has 0 aliphatic carbocycles. The lowest BCUT2D eigenvalue weighted by atomic mass is 9.98. The summed E-state index contributed by atoms with van der Waals surface area (Å²) in [6, 6.07) is 0. The second-order valence-electron chi connectivity index (χ2n) is 20.5. The van der Waals surface area contributed by atoms with Crippen LogP contribution in [-0.4, -0.2) is 142 Å². The normalized spacial score (nSPS) is 25.1. The fraction of sp³-hybridized carbons (Fsp3) is 0.895. The van der Waals surface area contributed by atoms with Crippen LogP contribution < -0.4 is 0 Å². The van der Waals surface area contributed by atoms with Crippen molar-refractivity contribution in [1.82, 2.24) is 0 Å². The van der Waals surface area contributed by atoms with E-state index in [9.17, 15) is 45.3 Å². The number of rotatable bonds is 46. The van der Waals surface area contributed by atoms with Gasteiger partial charge in [0.1, 0.15) is 55.4 Å². The zero-order valence-corrected chi connectivity index (χ0v) is 44.9. The summed E-state index contributed by atoms with van der Waals surface area (Å²) >= 11 is 0. The van der Waals surface area contributed by atoms with Crippen LogP contribution in [0.3, 0.4) is 0 Å². The van der Waals surface area contributed by atoms with Crippen LogP contribution in [0.2, 0.25) is 0 Å². The maximum atomic E-state index is 13.1. The smallest absolute Gasteiger partial charge is 0.306 e. The molecule has 0 radical (unpaired) electrons. The molecule has 0 bridgehead atoms. The summed E-state index contributed by atoms with van der Waals surface area (Å²) < 4.78 is 33.7. The van der Waals surface area contributed by atoms with Crippen LogP contribution in [0.25, 0.3) is 0 Å². The van der Waals surface area contributed by atoms with E-state index in [0.717, 1.165) is 64.2 Å². The van der Waals surface area contributed by atoms with Gasteiger partial charge in [-0.1, -0.05) is 179 Å². The van der Waals surface area contributed by atoms with Crippen LogP contribution in [0.5, 0.6) is 0 Å². The van der Waals surface area contributed by atoms with Gasteiger partial charge in [-0.2, -0.15) is 0 Å². The summed E-state index contributed by atoms with van der Waals surface area (Å²) in [4.78, 5) is 25.9. The van der Waals surface area contributed by atoms with E-state index in [0.29, 0.717) is 12.8 Å². The number of carbonyl (C=O) groups is 2. The van der Waals surface area contributed by atoms with Crippen LogP contribution in [0.1, 0.15) is 232 Å². The van der Waals surface area contributed by atoms with E-state index in [1.165, 1.54) is 128 Å². The third-order valence-electron chi connectivity index (χ3n) is 13.9. The molecule has 2 saturated heterocycles. The molecule has 0 aromatic heterocycles. The standard InChI is InChI=1S/C57H104O15/c1-3-5-7-9-11-13-15-17-19-20-21-22-23-24-26-28-30-32-34-36-38-40-49(60)70-45(42-67-48(59)39-37-35-33-31-29-27-25-18-16-14-12-10-8-6-4-2)43-68-56-55(66)53(64)51(62)47(72-56)44-69-57-54(65)52(63)50(61)46(41-58)71-57/h18,20-21,25,45-47,50-58,61-66H,3-17,19,22-24,26-44H2,1-2H3/b21-20-,25-18-. The Labute approximate surface area is 434 Å². The van der Waals surface area contributed by atoms with E-state index < -0.39 is 92.7 Å². The lowest BCUT2D eigenvalue weighted by molar-refractivity contribution is -0.332. The molecule has 0 aromatic rings. The predicted octanol–water partition coefficient (Wildman–Crippen LogP) is 9.50. The van der Waals surface area contributed by atoms with Gasteiger partial charge < -0.3 is 64.2 Å². The maximum absolute atomic E-state index is 13.1. The summed E-state index contributed by atoms with van der Waals surface area (Å²) in [6.45, 7) is 2.61. The van der Waals surface area contributed by atoms with Gasteiger partial charge in [-0.3, -0.25) is 9.59 Å². The van der Waals surface area contributed by atoms with Crippen LogP contribution in [0.15, 0.2) is 24.3 Å². The highest BCUT2D eigenvalue weighted by Gasteiger charge is 2.47. The molecular weight excluding hydrogens is 925 g/mol. The van der Waals surface area contributed by atoms with E-state index in [2.05, 4.69) is 38.2 Å². The maximum Gasteiger partial charge on any atom is 0.306 e. The van der Waals surface area contributed by atoms with Gasteiger partial charge in [0.25, 0.3) is 0 Å². The van der Waals surface area contributed by atoms with Gasteiger partial charge in [-0.15, -0.1) is 0 Å². The first kappa shape index (κ1) is 66.1. The second kappa shape index (κ2) is 44.1. The molecule has 15 heteroatoms. The second-order valence-corrected chi connectivity index (χ2v) is 20.5. The van der Waals surface area contributed by atoms with Gasteiger partial charge in [0.15, 0.2) is 18.7 Å². The fourth-order valence-electron chi connectivity index (χ4n) is 9.15. The van der Waals surface area contributed by atoms with Crippen molar-refractivity contribution >= 4 is 11.9 Å². The van der Waals surface area contributed by atoms with Crippen LogP contribution in [-0.2, 0) is 38.0 Å². The third-order valence-corrected chi connectivity index (χ3v) is 13.9. The largest absolute Gasteiger partial charge is 0.462 e. The van der Waals surface area contributed by atoms with Gasteiger partial charge in [0.05, 0.1) is 19.8 Å². The number of aliphatic hydroxyl groups is 7. The Balaban J connectivity index is 1.75. The molecule has 2 fully saturated rings. The minimum absolute atomic E-state index is 0.163. The number of ether oxygens (including phenoxy) is 6. The topological polar surface area (TPSA) is 231 Å². The number of allylic oxidation sites excluding steroid dienone is 4. The molecule has 2 rings (SSSR count). The number of aliphatic hydroxyl groups excluding tert-OH is 7. The van der Waals surface area contributed by atoms with E-state index in [1.807, 2.05) is 0 Å². The first-order valence-electron chi connectivity index (χ1n) is 28.9. The van der Waals surface area contributed by atoms with Crippen molar-refractivity contribution in [3.63, 3.8) is 0 Å². The molecule has 7 N–H and O–H groups in total. The molecular formula is C57H104O15. The van der Waals surface area contributed by atoms with Crippen LogP contribution in [0, 0.1) is 0 Å². The zero-order chi connectivity index (χ0) is 52.4. The van der Waals surface area contributed by atoms with Crippen molar-refractivity contribution in [1.29, 1.82) is 0 Å². The highest BCUT2D eigenvalue weighted by Crippen LogP contribution is 2.27. The van der Waals surface area contributed by atoms with Gasteiger partial charge in [-0.05, 0) is 64.2 Å². The molecule has 72 heavy (non-hydrogen) atoms. The highest BCUT2D eigenvalue weighted by atomic mass is 16.7. The van der Waals surface area contributed by atoms with Crippen LogP contribution >= 0.6 is 0 Å². The molecule has 0 spiro atoms. The van der Waals surface area contributed by atoms with Gasteiger partial charge in [0.2, 0.25) is 0 Å². The molecule has 0 aromatic carbocycles. The molecule has 2 heterocycles. The quantitative estimate of drug-likeness (QED) is 0.0171. The van der Waals surface area contributed by atoms with Gasteiger partial charge in [0, 0.05) is 12.8 Å². The predicted molar refractivity (Wildman–Crippen MR) is 280 cm³/mol. The Bertz CT molecular complexity index is 1350. The summed E-state index contributed by atoms with van der Waals surface area (Å²) in [5, 5.41) is 72.2. The Morgan fingerprint density at radius 3 is 1.22 bits per heavy atom. The van der Waals surface area contributed by atoms with Gasteiger partial charge in [-0.25, -0.2) is 0 Å². The Morgan fingerprint density at radius 1 is 0.431 bits per heavy atom. The lowest BCUT2D eigenvalue weighted by Crippen LogP contribution is -2.61. The van der Waals surface area contributed by atoms with Gasteiger partial charge >= 0.3 is 11.9 Å². The monoisotopic (exact) mass is 1030 g/mol. The molecule has 422 valence electrons. The fourth-order valence-corrected chi connectivity index (χ4v) is 9.15. The van der Waals surface area contributed by atoms with Crippen molar-refractivity contribution in [2.45, 2.75) is 300 Å². The summed E-state index contributed by atoms with van der Waals surface area (Å²) in [5.74, 6) is -0.928. The van der Waals surface area contributed by atoms with Crippen molar-refractivity contribution in [2.24, 2.45) is 0 Å². The molecule has 2 aliphatic rings. The summed E-state index contributed by atoms with van der Waals surface area (Å²) in [6.07, 6.45) is 30.5. The SMILES string of the molecule is CCCCCCCC/C=C\CCCCCCCC(=O)OCC(COC1OC(COC2OC(CO)C(O)C(O)C2O)C(O)C(O)C1O)OC(=O)CCCCCCCCCCC/C=C\CCCCCCCCCC. The zero-order valence-electron chi connectivity index (χ0n) is 44.9. The van der Waals surface area contributed by atoms with Crippen molar-refractivity contribution in [3.8, 4) is 0 Å². The molecule has 0 amide bonds. The number of unbranched alkanes of at least 4 members (excludes halogenated alkanes) is 28. The Kier molecular flexibility index (Phi) is 40.5. The summed E-state index contributed by atoms with van der Waals surface area (Å²) in [7, 11) is 0. The molecule has 0 saturated carbocycles. The van der Waals surface area contributed by atoms with E-state index in [1.54, 1.807) is 0 Å². The van der Waals surface area contributed by atoms with Crippen molar-refractivity contribution in [3.05, 3.63) is 24.3 Å². The number of hydrogen-bond donors (Lipinski definition) is 7. The number of esters is 2. The first-order valence-corrected chi connectivity index (χ1v) is 28.9. The Morgan fingerprint density at radius 2 is 0.792 bits per heavy atom. The van der Waals surface area contributed by atoms with Crippen molar-refractivity contribution < 1.29 is 73.8 Å². The highest BCUT2D eigenvalue weighted by molar-refractivity contribution is 5.70. The third kappa shape index (κ3) is 31.1. The lowest BCUT2D eigenvalue weighted by Gasteiger charge is -2.42. The average Bonchev–Trinajstić information content (AvgIpc) is 3.37. The summed E-state index contributed by atoms with van der Waals surface area (Å²) in [5.41, 5.74) is 0. The van der Waals surface area contributed by atoms with E-state index in [-0.39, 0.29) is 26.1 Å². The Hall–Kier alpha value is -2.02. The molecule has 11 unspecified atom stereocenters. The molecule has 2 aliphatic heterocycles. The van der Waals surface area contributed by atoms with Crippen molar-refractivity contribution in [2.75, 3.05) is 26.4 Å².